The van der Waals surface area contributed by atoms with Crippen molar-refractivity contribution in [2.24, 2.45) is 23.7 Å². The van der Waals surface area contributed by atoms with Crippen molar-refractivity contribution in [2.45, 2.75) is 25.2 Å². The van der Waals surface area contributed by atoms with Crippen LogP contribution in [0.2, 0.25) is 0 Å². The lowest BCUT2D eigenvalue weighted by molar-refractivity contribution is -0.145. The van der Waals surface area contributed by atoms with Gasteiger partial charge in [0.1, 0.15) is 5.41 Å². The lowest BCUT2D eigenvalue weighted by Gasteiger charge is -2.45. The van der Waals surface area contributed by atoms with E-state index in [4.69, 9.17) is 0 Å². The summed E-state index contributed by atoms with van der Waals surface area (Å²) in [5.41, 5.74) is 0.777. The summed E-state index contributed by atoms with van der Waals surface area (Å²) in [6.07, 6.45) is 2.43. The first-order valence-corrected chi connectivity index (χ1v) is 9.71. The Balaban J connectivity index is 1.89. The number of piperidine rings is 1. The van der Waals surface area contributed by atoms with Gasteiger partial charge in [-0.25, -0.2) is 0 Å². The van der Waals surface area contributed by atoms with Gasteiger partial charge in [-0.1, -0.05) is 67.6 Å². The molecule has 1 saturated carbocycles. The Labute approximate surface area is 155 Å². The molecule has 2 fully saturated rings. The molecule has 2 N–H and O–H groups in total. The van der Waals surface area contributed by atoms with Crippen molar-refractivity contribution < 1.29 is 9.90 Å². The second kappa shape index (κ2) is 6.88. The zero-order valence-electron chi connectivity index (χ0n) is 15.3. The van der Waals surface area contributed by atoms with Crippen LogP contribution in [0.4, 0.5) is 0 Å². The molecule has 0 spiro atoms. The fourth-order valence-corrected chi connectivity index (χ4v) is 5.77. The van der Waals surface area contributed by atoms with E-state index in [2.05, 4.69) is 12.2 Å². The number of hydrogen-bond donors (Lipinski definition) is 2. The molecule has 26 heavy (non-hydrogen) atoms. The first kappa shape index (κ1) is 17.3. The number of hydrogen-bond acceptors (Lipinski definition) is 2. The molecule has 2 aromatic carbocycles. The number of nitrogens with one attached hydrogen (secondary N) is 1. The summed E-state index contributed by atoms with van der Waals surface area (Å²) >= 11 is 0. The molecule has 136 valence electrons. The zero-order chi connectivity index (χ0) is 18.1. The fourth-order valence-electron chi connectivity index (χ4n) is 5.77. The molecule has 3 nitrogen and oxygen atoms in total. The molecule has 3 heteroatoms. The number of benzene rings is 2. The first-order valence-electron chi connectivity index (χ1n) is 9.71. The van der Waals surface area contributed by atoms with Gasteiger partial charge in [-0.05, 0) is 60.7 Å². The van der Waals surface area contributed by atoms with Crippen LogP contribution in [0, 0.1) is 23.7 Å². The first-order chi connectivity index (χ1) is 12.7. The molecule has 4 rings (SSSR count). The smallest absolute Gasteiger partial charge is 0.318 e. The van der Waals surface area contributed by atoms with Crippen LogP contribution >= 0.6 is 0 Å². The van der Waals surface area contributed by atoms with E-state index in [-0.39, 0.29) is 5.92 Å². The van der Waals surface area contributed by atoms with Gasteiger partial charge in [0, 0.05) is 0 Å². The lowest BCUT2D eigenvalue weighted by atomic mass is 9.59. The highest BCUT2D eigenvalue weighted by atomic mass is 16.4. The third-order valence-corrected chi connectivity index (χ3v) is 6.87. The molecule has 1 saturated heterocycles. The number of carboxylic acids is 1. The Bertz CT molecular complexity index is 703. The average molecular weight is 349 g/mol. The highest BCUT2D eigenvalue weighted by Crippen LogP contribution is 2.52. The van der Waals surface area contributed by atoms with Gasteiger partial charge in [0.15, 0.2) is 0 Å². The Hall–Kier alpha value is -2.13. The van der Waals surface area contributed by atoms with E-state index >= 15 is 0 Å². The SMILES string of the molecule is CC(C1C2CCC1CNC2)C(C(=O)O)(c1ccccc1)c1ccccc1. The van der Waals surface area contributed by atoms with Crippen molar-refractivity contribution >= 4 is 5.97 Å². The standard InChI is InChI=1S/C23H27NO2/c1-16(21-17-12-13-18(21)15-24-14-17)23(22(25)26,19-8-4-2-5-9-19)20-10-6-3-7-11-20/h2-11,16-18,21,24H,12-15H2,1H3,(H,25,26). The van der Waals surface area contributed by atoms with E-state index in [1.165, 1.54) is 12.8 Å². The predicted molar refractivity (Wildman–Crippen MR) is 103 cm³/mol. The maximum absolute atomic E-state index is 12.9. The maximum Gasteiger partial charge on any atom is 0.318 e. The van der Waals surface area contributed by atoms with Crippen molar-refractivity contribution in [1.29, 1.82) is 0 Å². The normalized spacial score (nSPS) is 26.4. The maximum atomic E-state index is 12.9. The topological polar surface area (TPSA) is 49.3 Å². The van der Waals surface area contributed by atoms with Crippen molar-refractivity contribution in [3.05, 3.63) is 71.8 Å². The van der Waals surface area contributed by atoms with Crippen LogP contribution in [-0.4, -0.2) is 24.2 Å². The summed E-state index contributed by atoms with van der Waals surface area (Å²) in [6, 6.07) is 19.7. The number of aliphatic carboxylic acids is 1. The van der Waals surface area contributed by atoms with E-state index in [9.17, 15) is 9.90 Å². The molecular weight excluding hydrogens is 322 g/mol. The van der Waals surface area contributed by atoms with Gasteiger partial charge in [0.25, 0.3) is 0 Å². The van der Waals surface area contributed by atoms with E-state index in [0.29, 0.717) is 17.8 Å². The number of carbonyl (C=O) groups is 1. The highest BCUT2D eigenvalue weighted by molar-refractivity contribution is 5.86. The monoisotopic (exact) mass is 349 g/mol. The zero-order valence-corrected chi connectivity index (χ0v) is 15.3. The van der Waals surface area contributed by atoms with Crippen molar-refractivity contribution in [3.63, 3.8) is 0 Å². The predicted octanol–water partition coefficient (Wildman–Crippen LogP) is 3.94. The second-order valence-corrected chi connectivity index (χ2v) is 7.97. The number of rotatable bonds is 5. The van der Waals surface area contributed by atoms with E-state index in [0.717, 1.165) is 24.2 Å². The number of carboxylic acid groups (broad SMARTS) is 1. The minimum absolute atomic E-state index is 0.0319. The molecule has 2 aromatic rings. The van der Waals surface area contributed by atoms with Crippen LogP contribution in [0.15, 0.2) is 60.7 Å². The van der Waals surface area contributed by atoms with Gasteiger partial charge < -0.3 is 10.4 Å². The second-order valence-electron chi connectivity index (χ2n) is 7.97. The van der Waals surface area contributed by atoms with Gasteiger partial charge in [0.05, 0.1) is 0 Å². The van der Waals surface area contributed by atoms with Gasteiger partial charge in [-0.15, -0.1) is 0 Å². The van der Waals surface area contributed by atoms with Crippen molar-refractivity contribution in [1.82, 2.24) is 5.32 Å². The Kier molecular flexibility index (Phi) is 4.58. The Morgan fingerprint density at radius 1 is 0.962 bits per heavy atom. The van der Waals surface area contributed by atoms with E-state index < -0.39 is 11.4 Å². The van der Waals surface area contributed by atoms with Crippen molar-refractivity contribution in [3.8, 4) is 0 Å². The van der Waals surface area contributed by atoms with Crippen LogP contribution in [-0.2, 0) is 10.2 Å². The fraction of sp³-hybridized carbons (Fsp3) is 0.435. The molecule has 3 atom stereocenters. The molecule has 0 amide bonds. The van der Waals surface area contributed by atoms with Gasteiger partial charge in [-0.2, -0.15) is 0 Å². The van der Waals surface area contributed by atoms with E-state index in [1.807, 2.05) is 60.7 Å². The minimum Gasteiger partial charge on any atom is -0.480 e. The lowest BCUT2D eigenvalue weighted by Crippen LogP contribution is -2.51. The molecule has 1 aliphatic heterocycles. The van der Waals surface area contributed by atoms with Crippen LogP contribution in [0.3, 0.4) is 0 Å². The molecule has 0 aromatic heterocycles. The molecular formula is C23H27NO2. The van der Waals surface area contributed by atoms with Crippen molar-refractivity contribution in [2.75, 3.05) is 13.1 Å². The highest BCUT2D eigenvalue weighted by Gasteiger charge is 2.54. The van der Waals surface area contributed by atoms with Crippen LogP contribution in [0.1, 0.15) is 30.9 Å². The number of fused-ring (bicyclic) bond motifs is 2. The molecule has 2 bridgehead atoms. The van der Waals surface area contributed by atoms with Crippen LogP contribution in [0.25, 0.3) is 0 Å². The molecule has 0 radical (unpaired) electrons. The van der Waals surface area contributed by atoms with Crippen LogP contribution in [0.5, 0.6) is 0 Å². The summed E-state index contributed by atoms with van der Waals surface area (Å²) in [4.78, 5) is 12.9. The molecule has 1 aliphatic carbocycles. The molecule has 3 unspecified atom stereocenters. The largest absolute Gasteiger partial charge is 0.480 e. The van der Waals surface area contributed by atoms with Crippen LogP contribution < -0.4 is 5.32 Å². The van der Waals surface area contributed by atoms with E-state index in [1.54, 1.807) is 0 Å². The van der Waals surface area contributed by atoms with Gasteiger partial charge in [-0.3, -0.25) is 4.79 Å². The summed E-state index contributed by atoms with van der Waals surface area (Å²) in [5, 5.41) is 14.2. The van der Waals surface area contributed by atoms with Gasteiger partial charge in [0.2, 0.25) is 0 Å². The Morgan fingerprint density at radius 3 is 1.85 bits per heavy atom. The summed E-state index contributed by atoms with van der Waals surface area (Å²) in [5.74, 6) is 0.891. The Morgan fingerprint density at radius 2 is 1.42 bits per heavy atom. The summed E-state index contributed by atoms with van der Waals surface area (Å²) in [7, 11) is 0. The summed E-state index contributed by atoms with van der Waals surface area (Å²) < 4.78 is 0. The third kappa shape index (κ3) is 2.57. The summed E-state index contributed by atoms with van der Waals surface area (Å²) in [6.45, 7) is 4.21. The third-order valence-electron chi connectivity index (χ3n) is 6.87. The molecule has 2 aliphatic rings. The van der Waals surface area contributed by atoms with Gasteiger partial charge >= 0.3 is 5.97 Å². The molecule has 1 heterocycles. The average Bonchev–Trinajstić information content (AvgIpc) is 2.92. The minimum atomic E-state index is -1.01. The quantitative estimate of drug-likeness (QED) is 0.860.